The lowest BCUT2D eigenvalue weighted by molar-refractivity contribution is -0.121. The molecule has 0 bridgehead atoms. The van der Waals surface area contributed by atoms with Crippen molar-refractivity contribution in [3.05, 3.63) is 58.3 Å². The highest BCUT2D eigenvalue weighted by atomic mass is 32.1. The number of amides is 1. The molecule has 3 aromatic rings. The SMILES string of the molecule is N=C1C(c2cccc3[nH]ncc23)=CC(c2nccs2)=C2N=C(C3CCOCC3)NC(=O)C12. The van der Waals surface area contributed by atoms with Crippen LogP contribution in [-0.4, -0.2) is 45.8 Å². The van der Waals surface area contributed by atoms with Crippen LogP contribution in [0, 0.1) is 17.2 Å². The van der Waals surface area contributed by atoms with E-state index < -0.39 is 5.92 Å². The van der Waals surface area contributed by atoms with Gasteiger partial charge in [-0.1, -0.05) is 12.1 Å². The Bertz CT molecular complexity index is 1330. The number of rotatable bonds is 3. The number of aromatic nitrogens is 3. The first-order valence-electron chi connectivity index (χ1n) is 10.5. The molecule has 4 heterocycles. The minimum atomic E-state index is -0.778. The number of aromatic amines is 1. The summed E-state index contributed by atoms with van der Waals surface area (Å²) in [6, 6.07) is 5.83. The van der Waals surface area contributed by atoms with E-state index >= 15 is 0 Å². The van der Waals surface area contributed by atoms with Gasteiger partial charge in [0.15, 0.2) is 0 Å². The number of ether oxygens (including phenoxy) is 1. The standard InChI is InChI=1S/C23H20N6O2S/c24-19-14(13-2-1-3-17-16(13)11-26-29-17)10-15(23-25-6-9-32-23)20-18(19)22(30)28-21(27-20)12-4-7-31-8-5-12/h1-3,6,9-12,18,24H,4-5,7-8H2,(H,26,29)(H,27,28,30). The van der Waals surface area contributed by atoms with Crippen LogP contribution in [0.1, 0.15) is 23.4 Å². The van der Waals surface area contributed by atoms with Crippen LogP contribution in [0.4, 0.5) is 0 Å². The van der Waals surface area contributed by atoms with Crippen LogP contribution in [0.2, 0.25) is 0 Å². The summed E-state index contributed by atoms with van der Waals surface area (Å²) in [6.07, 6.45) is 7.11. The zero-order chi connectivity index (χ0) is 21.7. The zero-order valence-electron chi connectivity index (χ0n) is 17.1. The predicted octanol–water partition coefficient (Wildman–Crippen LogP) is 3.42. The molecule has 2 aromatic heterocycles. The van der Waals surface area contributed by atoms with Crippen molar-refractivity contribution in [2.75, 3.05) is 13.2 Å². The summed E-state index contributed by atoms with van der Waals surface area (Å²) >= 11 is 1.50. The second-order valence-corrected chi connectivity index (χ2v) is 8.95. The molecule has 3 N–H and O–H groups in total. The maximum absolute atomic E-state index is 13.3. The van der Waals surface area contributed by atoms with Gasteiger partial charge in [0.25, 0.3) is 0 Å². The number of amidine groups is 1. The lowest BCUT2D eigenvalue weighted by Gasteiger charge is -2.33. The number of H-pyrrole nitrogens is 1. The van der Waals surface area contributed by atoms with Crippen molar-refractivity contribution < 1.29 is 9.53 Å². The zero-order valence-corrected chi connectivity index (χ0v) is 17.9. The van der Waals surface area contributed by atoms with E-state index in [1.807, 2.05) is 29.7 Å². The first-order chi connectivity index (χ1) is 15.7. The van der Waals surface area contributed by atoms with Gasteiger partial charge >= 0.3 is 0 Å². The lowest BCUT2D eigenvalue weighted by atomic mass is 9.80. The average Bonchev–Trinajstić information content (AvgIpc) is 3.52. The first-order valence-corrected chi connectivity index (χ1v) is 11.4. The summed E-state index contributed by atoms with van der Waals surface area (Å²) in [6.45, 7) is 1.33. The number of hydrogen-bond donors (Lipinski definition) is 3. The third kappa shape index (κ3) is 3.04. The molecular weight excluding hydrogens is 424 g/mol. The molecular formula is C23H20N6O2S. The van der Waals surface area contributed by atoms with E-state index in [0.29, 0.717) is 30.3 Å². The number of carbonyl (C=O) groups is 1. The Balaban J connectivity index is 1.56. The van der Waals surface area contributed by atoms with Crippen molar-refractivity contribution in [2.45, 2.75) is 12.8 Å². The smallest absolute Gasteiger partial charge is 0.240 e. The van der Waals surface area contributed by atoms with Crippen molar-refractivity contribution in [2.24, 2.45) is 16.8 Å². The maximum Gasteiger partial charge on any atom is 0.240 e. The van der Waals surface area contributed by atoms with Gasteiger partial charge in [0.2, 0.25) is 5.91 Å². The highest BCUT2D eigenvalue weighted by Gasteiger charge is 2.41. The summed E-state index contributed by atoms with van der Waals surface area (Å²) < 4.78 is 5.47. The molecule has 3 aliphatic rings. The Hall–Kier alpha value is -3.43. The Morgan fingerprint density at radius 2 is 2.09 bits per heavy atom. The Labute approximate surface area is 187 Å². The van der Waals surface area contributed by atoms with Crippen LogP contribution in [0.5, 0.6) is 0 Å². The third-order valence-electron chi connectivity index (χ3n) is 6.22. The molecule has 8 nitrogen and oxygen atoms in total. The second-order valence-electron chi connectivity index (χ2n) is 8.05. The average molecular weight is 445 g/mol. The van der Waals surface area contributed by atoms with E-state index in [1.165, 1.54) is 11.3 Å². The third-order valence-corrected chi connectivity index (χ3v) is 7.02. The number of thiazole rings is 1. The summed E-state index contributed by atoms with van der Waals surface area (Å²) in [5.41, 5.74) is 4.09. The van der Waals surface area contributed by atoms with Gasteiger partial charge in [0.1, 0.15) is 16.8 Å². The number of aliphatic imine (C=N–C) groups is 1. The van der Waals surface area contributed by atoms with E-state index in [1.54, 1.807) is 12.4 Å². The van der Waals surface area contributed by atoms with Crippen molar-refractivity contribution in [1.29, 1.82) is 5.41 Å². The number of nitrogens with one attached hydrogen (secondary N) is 3. The van der Waals surface area contributed by atoms with Crippen molar-refractivity contribution in [1.82, 2.24) is 20.5 Å². The van der Waals surface area contributed by atoms with Gasteiger partial charge in [-0.05, 0) is 30.5 Å². The monoisotopic (exact) mass is 444 g/mol. The van der Waals surface area contributed by atoms with E-state index in [2.05, 4.69) is 20.5 Å². The van der Waals surface area contributed by atoms with Crippen LogP contribution >= 0.6 is 11.3 Å². The highest BCUT2D eigenvalue weighted by molar-refractivity contribution is 7.10. The Morgan fingerprint density at radius 1 is 1.22 bits per heavy atom. The number of allylic oxidation sites excluding steroid dienone is 3. The largest absolute Gasteiger partial charge is 0.381 e. The number of hydrogen-bond acceptors (Lipinski definition) is 7. The number of nitrogens with zero attached hydrogens (tertiary/aromatic N) is 3. The summed E-state index contributed by atoms with van der Waals surface area (Å²) in [5.74, 6) is -0.154. The lowest BCUT2D eigenvalue weighted by Crippen LogP contribution is -2.48. The van der Waals surface area contributed by atoms with Crippen LogP contribution in [0.25, 0.3) is 22.0 Å². The minimum Gasteiger partial charge on any atom is -0.381 e. The molecule has 1 atom stereocenters. The molecule has 0 spiro atoms. The van der Waals surface area contributed by atoms with Gasteiger partial charge in [-0.25, -0.2) is 9.98 Å². The van der Waals surface area contributed by atoms with Crippen molar-refractivity contribution >= 4 is 50.8 Å². The van der Waals surface area contributed by atoms with Crippen molar-refractivity contribution in [3.63, 3.8) is 0 Å². The molecule has 0 radical (unpaired) electrons. The van der Waals surface area contributed by atoms with E-state index in [4.69, 9.17) is 15.1 Å². The summed E-state index contributed by atoms with van der Waals surface area (Å²) in [4.78, 5) is 22.8. The molecule has 1 aliphatic carbocycles. The Kier molecular flexibility index (Phi) is 4.58. The predicted molar refractivity (Wildman–Crippen MR) is 123 cm³/mol. The van der Waals surface area contributed by atoms with E-state index in [9.17, 15) is 4.79 Å². The topological polar surface area (TPSA) is 116 Å². The quantitative estimate of drug-likeness (QED) is 0.574. The molecule has 2 aliphatic heterocycles. The van der Waals surface area contributed by atoms with Gasteiger partial charge in [0, 0.05) is 47.2 Å². The number of benzene rings is 1. The van der Waals surface area contributed by atoms with Crippen LogP contribution in [0.15, 0.2) is 52.7 Å². The second kappa shape index (κ2) is 7.61. The molecule has 160 valence electrons. The van der Waals surface area contributed by atoms with Gasteiger partial charge in [-0.15, -0.1) is 11.3 Å². The highest BCUT2D eigenvalue weighted by Crippen LogP contribution is 2.41. The van der Waals surface area contributed by atoms with Crippen LogP contribution in [0.3, 0.4) is 0 Å². The normalized spacial score (nSPS) is 21.9. The number of fused-ring (bicyclic) bond motifs is 2. The summed E-state index contributed by atoms with van der Waals surface area (Å²) in [5, 5.41) is 22.7. The summed E-state index contributed by atoms with van der Waals surface area (Å²) in [7, 11) is 0. The van der Waals surface area contributed by atoms with Gasteiger partial charge < -0.3 is 15.5 Å². The van der Waals surface area contributed by atoms with Crippen molar-refractivity contribution in [3.8, 4) is 0 Å². The van der Waals surface area contributed by atoms with Gasteiger partial charge in [-0.2, -0.15) is 5.10 Å². The number of carbonyl (C=O) groups excluding carboxylic acids is 1. The molecule has 9 heteroatoms. The minimum absolute atomic E-state index is 0.151. The molecule has 1 aromatic carbocycles. The fraction of sp³-hybridized carbons (Fsp3) is 0.261. The molecule has 6 rings (SSSR count). The molecule has 0 saturated carbocycles. The van der Waals surface area contributed by atoms with Crippen LogP contribution in [-0.2, 0) is 9.53 Å². The van der Waals surface area contributed by atoms with Gasteiger partial charge in [-0.3, -0.25) is 9.89 Å². The maximum atomic E-state index is 13.3. The van der Waals surface area contributed by atoms with Gasteiger partial charge in [0.05, 0.1) is 23.1 Å². The van der Waals surface area contributed by atoms with Crippen LogP contribution < -0.4 is 5.32 Å². The molecule has 1 saturated heterocycles. The fourth-order valence-electron chi connectivity index (χ4n) is 4.60. The first kappa shape index (κ1) is 19.3. The molecule has 1 unspecified atom stereocenters. The molecule has 32 heavy (non-hydrogen) atoms. The fourth-order valence-corrected chi connectivity index (χ4v) is 5.26. The van der Waals surface area contributed by atoms with E-state index in [0.717, 1.165) is 39.9 Å². The Morgan fingerprint density at radius 3 is 2.91 bits per heavy atom. The molecule has 1 fully saturated rings. The molecule has 1 amide bonds. The van der Waals surface area contributed by atoms with E-state index in [-0.39, 0.29) is 17.5 Å².